The van der Waals surface area contributed by atoms with Crippen LogP contribution in [0.25, 0.3) is 0 Å². The molecule has 0 bridgehead atoms. The van der Waals surface area contributed by atoms with Gasteiger partial charge in [0.15, 0.2) is 0 Å². The van der Waals surface area contributed by atoms with E-state index < -0.39 is 0 Å². The highest BCUT2D eigenvalue weighted by Crippen LogP contribution is 2.21. The number of nitrogens with zero attached hydrogens (tertiary/aromatic N) is 1. The molecule has 0 saturated carbocycles. The Morgan fingerprint density at radius 3 is 3.14 bits per heavy atom. The Kier molecular flexibility index (Phi) is 5.80. The molecule has 1 fully saturated rings. The van der Waals surface area contributed by atoms with Gasteiger partial charge in [-0.15, -0.1) is 11.3 Å². The van der Waals surface area contributed by atoms with Gasteiger partial charge in [0.2, 0.25) is 0 Å². The van der Waals surface area contributed by atoms with E-state index in [0.717, 1.165) is 30.1 Å². The number of aliphatic hydroxyl groups is 1. The van der Waals surface area contributed by atoms with E-state index in [-0.39, 0.29) is 12.5 Å². The van der Waals surface area contributed by atoms with Crippen molar-refractivity contribution in [3.8, 4) is 11.8 Å². The van der Waals surface area contributed by atoms with E-state index in [1.165, 1.54) is 24.2 Å². The van der Waals surface area contributed by atoms with Crippen molar-refractivity contribution in [3.05, 3.63) is 21.4 Å². The topological polar surface area (TPSA) is 52.6 Å². The fourth-order valence-electron chi connectivity index (χ4n) is 2.60. The van der Waals surface area contributed by atoms with E-state index in [0.29, 0.717) is 10.8 Å². The SMILES string of the molecule is Cc1cc(C(=O)NCC2CCCN(C)C2)sc1C#CCO. The molecular formula is C16H22N2O2S. The van der Waals surface area contributed by atoms with Crippen molar-refractivity contribution >= 4 is 17.2 Å². The lowest BCUT2D eigenvalue weighted by molar-refractivity contribution is 0.0941. The predicted octanol–water partition coefficient (Wildman–Crippen LogP) is 1.47. The summed E-state index contributed by atoms with van der Waals surface area (Å²) < 4.78 is 0. The van der Waals surface area contributed by atoms with Gasteiger partial charge in [-0.3, -0.25) is 4.79 Å². The van der Waals surface area contributed by atoms with Crippen molar-refractivity contribution in [2.24, 2.45) is 5.92 Å². The van der Waals surface area contributed by atoms with Crippen LogP contribution in [-0.4, -0.2) is 49.2 Å². The van der Waals surface area contributed by atoms with Crippen LogP contribution in [0.4, 0.5) is 0 Å². The Hall–Kier alpha value is -1.35. The van der Waals surface area contributed by atoms with E-state index >= 15 is 0 Å². The van der Waals surface area contributed by atoms with Crippen molar-refractivity contribution in [3.63, 3.8) is 0 Å². The van der Waals surface area contributed by atoms with Crippen LogP contribution in [0, 0.1) is 24.7 Å². The van der Waals surface area contributed by atoms with Crippen molar-refractivity contribution in [2.45, 2.75) is 19.8 Å². The van der Waals surface area contributed by atoms with Crippen LogP contribution in [0.3, 0.4) is 0 Å². The Morgan fingerprint density at radius 1 is 1.62 bits per heavy atom. The molecule has 2 heterocycles. The summed E-state index contributed by atoms with van der Waals surface area (Å²) in [6, 6.07) is 1.87. The minimum Gasteiger partial charge on any atom is -0.384 e. The zero-order valence-corrected chi connectivity index (χ0v) is 13.4. The van der Waals surface area contributed by atoms with Crippen molar-refractivity contribution in [2.75, 3.05) is 33.3 Å². The summed E-state index contributed by atoms with van der Waals surface area (Å²) in [5.41, 5.74) is 0.989. The lowest BCUT2D eigenvalue weighted by Gasteiger charge is -2.29. The summed E-state index contributed by atoms with van der Waals surface area (Å²) in [5, 5.41) is 11.8. The minimum atomic E-state index is -0.159. The van der Waals surface area contributed by atoms with Gasteiger partial charge in [-0.25, -0.2) is 0 Å². The van der Waals surface area contributed by atoms with Gasteiger partial charge in [-0.1, -0.05) is 11.8 Å². The number of carbonyl (C=O) groups excluding carboxylic acids is 1. The van der Waals surface area contributed by atoms with Gasteiger partial charge >= 0.3 is 0 Å². The van der Waals surface area contributed by atoms with E-state index in [4.69, 9.17) is 5.11 Å². The van der Waals surface area contributed by atoms with E-state index in [2.05, 4.69) is 29.1 Å². The average molecular weight is 306 g/mol. The number of aryl methyl sites for hydroxylation is 1. The first-order chi connectivity index (χ1) is 10.1. The summed E-state index contributed by atoms with van der Waals surface area (Å²) in [7, 11) is 2.13. The third-order valence-electron chi connectivity index (χ3n) is 3.70. The molecule has 1 aliphatic rings. The van der Waals surface area contributed by atoms with Crippen LogP contribution in [0.1, 0.15) is 33.0 Å². The highest BCUT2D eigenvalue weighted by molar-refractivity contribution is 7.14. The van der Waals surface area contributed by atoms with Gasteiger partial charge in [0.05, 0.1) is 9.75 Å². The van der Waals surface area contributed by atoms with Crippen LogP contribution in [0.2, 0.25) is 0 Å². The van der Waals surface area contributed by atoms with Crippen LogP contribution in [0.15, 0.2) is 6.07 Å². The van der Waals surface area contributed by atoms with Gasteiger partial charge in [-0.05, 0) is 50.9 Å². The van der Waals surface area contributed by atoms with Gasteiger partial charge in [0.1, 0.15) is 6.61 Å². The van der Waals surface area contributed by atoms with E-state index in [1.807, 2.05) is 13.0 Å². The molecule has 1 aliphatic heterocycles. The first-order valence-corrected chi connectivity index (χ1v) is 8.08. The van der Waals surface area contributed by atoms with Crippen LogP contribution in [0.5, 0.6) is 0 Å². The van der Waals surface area contributed by atoms with E-state index in [9.17, 15) is 4.79 Å². The summed E-state index contributed by atoms with van der Waals surface area (Å²) in [4.78, 5) is 16.1. The number of rotatable bonds is 3. The van der Waals surface area contributed by atoms with Gasteiger partial charge in [0.25, 0.3) is 5.91 Å². The second-order valence-corrected chi connectivity index (χ2v) is 6.62. The predicted molar refractivity (Wildman–Crippen MR) is 85.6 cm³/mol. The molecule has 1 amide bonds. The Bertz CT molecular complexity index is 556. The first kappa shape index (κ1) is 16.0. The molecule has 5 heteroatoms. The minimum absolute atomic E-state index is 0.0200. The molecule has 1 aromatic heterocycles. The molecule has 1 aromatic rings. The number of nitrogens with one attached hydrogen (secondary N) is 1. The standard InChI is InChI=1S/C16H22N2O2S/c1-12-9-15(21-14(12)6-4-8-19)16(20)17-10-13-5-3-7-18(2)11-13/h9,13,19H,3,5,7-8,10-11H2,1-2H3,(H,17,20). The molecule has 0 aromatic carbocycles. The van der Waals surface area contributed by atoms with Gasteiger partial charge in [-0.2, -0.15) is 0 Å². The van der Waals surface area contributed by atoms with Crippen molar-refractivity contribution in [1.29, 1.82) is 0 Å². The number of amides is 1. The second-order valence-electron chi connectivity index (χ2n) is 5.56. The Morgan fingerprint density at radius 2 is 2.43 bits per heavy atom. The maximum absolute atomic E-state index is 12.2. The molecule has 1 unspecified atom stereocenters. The number of hydrogen-bond acceptors (Lipinski definition) is 4. The average Bonchev–Trinajstić information content (AvgIpc) is 2.84. The highest BCUT2D eigenvalue weighted by Gasteiger charge is 2.18. The lowest BCUT2D eigenvalue weighted by Crippen LogP contribution is -2.38. The zero-order valence-electron chi connectivity index (χ0n) is 12.6. The molecule has 21 heavy (non-hydrogen) atoms. The van der Waals surface area contributed by atoms with Crippen molar-refractivity contribution < 1.29 is 9.90 Å². The molecule has 0 aliphatic carbocycles. The summed E-state index contributed by atoms with van der Waals surface area (Å²) >= 11 is 1.39. The maximum Gasteiger partial charge on any atom is 0.261 e. The normalized spacial score (nSPS) is 18.9. The number of carbonyl (C=O) groups is 1. The lowest BCUT2D eigenvalue weighted by atomic mass is 9.98. The van der Waals surface area contributed by atoms with E-state index in [1.54, 1.807) is 0 Å². The third-order valence-corrected chi connectivity index (χ3v) is 4.85. The highest BCUT2D eigenvalue weighted by atomic mass is 32.1. The monoisotopic (exact) mass is 306 g/mol. The van der Waals surface area contributed by atoms with Crippen LogP contribution in [-0.2, 0) is 0 Å². The number of likely N-dealkylation sites (tertiary alicyclic amines) is 1. The molecule has 0 spiro atoms. The Balaban J connectivity index is 1.91. The summed E-state index contributed by atoms with van der Waals surface area (Å²) in [6.45, 7) is 4.72. The zero-order chi connectivity index (χ0) is 15.2. The molecule has 2 N–H and O–H groups in total. The Labute approximate surface area is 130 Å². The number of hydrogen-bond donors (Lipinski definition) is 2. The van der Waals surface area contributed by atoms with Crippen LogP contribution >= 0.6 is 11.3 Å². The number of thiophene rings is 1. The number of aliphatic hydroxyl groups excluding tert-OH is 1. The first-order valence-electron chi connectivity index (χ1n) is 7.27. The molecule has 4 nitrogen and oxygen atoms in total. The largest absolute Gasteiger partial charge is 0.384 e. The molecule has 2 rings (SSSR count). The smallest absolute Gasteiger partial charge is 0.261 e. The van der Waals surface area contributed by atoms with Gasteiger partial charge in [0, 0.05) is 13.1 Å². The molecular weight excluding hydrogens is 284 g/mol. The summed E-state index contributed by atoms with van der Waals surface area (Å²) in [5.74, 6) is 6.03. The van der Waals surface area contributed by atoms with Crippen LogP contribution < -0.4 is 5.32 Å². The van der Waals surface area contributed by atoms with Crippen molar-refractivity contribution in [1.82, 2.24) is 10.2 Å². The second kappa shape index (κ2) is 7.60. The third kappa shape index (κ3) is 4.57. The molecule has 114 valence electrons. The fraction of sp³-hybridized carbons (Fsp3) is 0.562. The fourth-order valence-corrected chi connectivity index (χ4v) is 3.57. The quantitative estimate of drug-likeness (QED) is 0.832. The molecule has 1 saturated heterocycles. The molecule has 0 radical (unpaired) electrons. The molecule has 1 atom stereocenters. The maximum atomic E-state index is 12.2. The van der Waals surface area contributed by atoms with Gasteiger partial charge < -0.3 is 15.3 Å². The number of piperidine rings is 1. The summed E-state index contributed by atoms with van der Waals surface area (Å²) in [6.07, 6.45) is 2.39.